The van der Waals surface area contributed by atoms with Crippen molar-refractivity contribution in [3.05, 3.63) is 12.4 Å². The third kappa shape index (κ3) is 2.85. The highest BCUT2D eigenvalue weighted by Crippen LogP contribution is 2.20. The SMILES string of the molecule is CCN(C)c1cc(N2CCCC(O)C2)ncn1. The Morgan fingerprint density at radius 2 is 2.35 bits per heavy atom. The molecule has 94 valence electrons. The summed E-state index contributed by atoms with van der Waals surface area (Å²) < 4.78 is 0. The van der Waals surface area contributed by atoms with Gasteiger partial charge in [0.1, 0.15) is 18.0 Å². The minimum absolute atomic E-state index is 0.230. The number of aromatic nitrogens is 2. The minimum atomic E-state index is -0.230. The van der Waals surface area contributed by atoms with E-state index in [9.17, 15) is 5.11 Å². The number of hydrogen-bond acceptors (Lipinski definition) is 5. The molecular weight excluding hydrogens is 216 g/mol. The molecule has 17 heavy (non-hydrogen) atoms. The molecule has 1 aromatic rings. The molecule has 1 fully saturated rings. The van der Waals surface area contributed by atoms with E-state index in [1.807, 2.05) is 13.1 Å². The summed E-state index contributed by atoms with van der Waals surface area (Å²) in [5.41, 5.74) is 0. The van der Waals surface area contributed by atoms with Gasteiger partial charge in [0, 0.05) is 32.7 Å². The second kappa shape index (κ2) is 5.31. The molecule has 1 aliphatic rings. The monoisotopic (exact) mass is 236 g/mol. The zero-order valence-corrected chi connectivity index (χ0v) is 10.5. The Kier molecular flexibility index (Phi) is 3.78. The van der Waals surface area contributed by atoms with Gasteiger partial charge in [0.25, 0.3) is 0 Å². The largest absolute Gasteiger partial charge is 0.391 e. The van der Waals surface area contributed by atoms with Crippen molar-refractivity contribution in [3.8, 4) is 0 Å². The predicted octanol–water partition coefficient (Wildman–Crippen LogP) is 0.894. The van der Waals surface area contributed by atoms with E-state index >= 15 is 0 Å². The van der Waals surface area contributed by atoms with Crippen molar-refractivity contribution in [1.82, 2.24) is 9.97 Å². The average Bonchev–Trinajstić information content (AvgIpc) is 2.38. The normalized spacial score (nSPS) is 20.4. The van der Waals surface area contributed by atoms with E-state index in [4.69, 9.17) is 0 Å². The second-order valence-electron chi connectivity index (χ2n) is 4.49. The summed E-state index contributed by atoms with van der Waals surface area (Å²) in [6, 6.07) is 1.99. The molecule has 0 saturated carbocycles. The summed E-state index contributed by atoms with van der Waals surface area (Å²) in [6.45, 7) is 4.64. The number of piperidine rings is 1. The summed E-state index contributed by atoms with van der Waals surface area (Å²) in [6.07, 6.45) is 3.27. The third-order valence-electron chi connectivity index (χ3n) is 3.22. The Balaban J connectivity index is 2.15. The maximum absolute atomic E-state index is 9.67. The number of anilines is 2. The highest BCUT2D eigenvalue weighted by atomic mass is 16.3. The maximum atomic E-state index is 9.67. The van der Waals surface area contributed by atoms with Crippen molar-refractivity contribution in [1.29, 1.82) is 0 Å². The molecule has 1 atom stereocenters. The highest BCUT2D eigenvalue weighted by molar-refractivity contribution is 5.49. The smallest absolute Gasteiger partial charge is 0.134 e. The van der Waals surface area contributed by atoms with Crippen LogP contribution in [0.3, 0.4) is 0 Å². The fourth-order valence-corrected chi connectivity index (χ4v) is 2.04. The van der Waals surface area contributed by atoms with Gasteiger partial charge in [0.05, 0.1) is 6.10 Å². The van der Waals surface area contributed by atoms with Crippen LogP contribution in [0.5, 0.6) is 0 Å². The van der Waals surface area contributed by atoms with Crippen LogP contribution in [0.25, 0.3) is 0 Å². The van der Waals surface area contributed by atoms with E-state index in [0.29, 0.717) is 6.54 Å². The number of β-amino-alcohol motifs (C(OH)–C–C–N with tert-alkyl or cyclic N) is 1. The van der Waals surface area contributed by atoms with Gasteiger partial charge in [-0.25, -0.2) is 9.97 Å². The molecule has 0 aliphatic carbocycles. The Morgan fingerprint density at radius 1 is 1.53 bits per heavy atom. The number of hydrogen-bond donors (Lipinski definition) is 1. The van der Waals surface area contributed by atoms with Crippen LogP contribution in [0, 0.1) is 0 Å². The van der Waals surface area contributed by atoms with Crippen LogP contribution in [0.4, 0.5) is 11.6 Å². The number of rotatable bonds is 3. The molecule has 2 rings (SSSR count). The van der Waals surface area contributed by atoms with E-state index in [1.165, 1.54) is 0 Å². The predicted molar refractivity (Wildman–Crippen MR) is 68.4 cm³/mol. The zero-order valence-electron chi connectivity index (χ0n) is 10.5. The van der Waals surface area contributed by atoms with Crippen LogP contribution in [0.15, 0.2) is 12.4 Å². The van der Waals surface area contributed by atoms with Gasteiger partial charge < -0.3 is 14.9 Å². The van der Waals surface area contributed by atoms with Crippen molar-refractivity contribution in [3.63, 3.8) is 0 Å². The third-order valence-corrected chi connectivity index (χ3v) is 3.22. The van der Waals surface area contributed by atoms with Crippen LogP contribution < -0.4 is 9.80 Å². The highest BCUT2D eigenvalue weighted by Gasteiger charge is 2.19. The molecule has 1 aromatic heterocycles. The number of aliphatic hydroxyl groups excluding tert-OH is 1. The lowest BCUT2D eigenvalue weighted by Gasteiger charge is -2.31. The molecule has 1 N–H and O–H groups in total. The summed E-state index contributed by atoms with van der Waals surface area (Å²) in [4.78, 5) is 12.7. The first-order chi connectivity index (χ1) is 8.20. The molecule has 0 bridgehead atoms. The standard InChI is InChI=1S/C12H20N4O/c1-3-15(2)11-7-12(14-9-13-11)16-6-4-5-10(17)8-16/h7,9-10,17H,3-6,8H2,1-2H3. The molecule has 1 aliphatic heterocycles. The fourth-order valence-electron chi connectivity index (χ4n) is 2.04. The topological polar surface area (TPSA) is 52.5 Å². The van der Waals surface area contributed by atoms with Gasteiger partial charge in [-0.15, -0.1) is 0 Å². The quantitative estimate of drug-likeness (QED) is 0.845. The van der Waals surface area contributed by atoms with E-state index in [2.05, 4.69) is 26.7 Å². The van der Waals surface area contributed by atoms with Crippen LogP contribution in [0.1, 0.15) is 19.8 Å². The van der Waals surface area contributed by atoms with Crippen molar-refractivity contribution in [2.24, 2.45) is 0 Å². The van der Waals surface area contributed by atoms with Gasteiger partial charge in [0.2, 0.25) is 0 Å². The first-order valence-corrected chi connectivity index (χ1v) is 6.17. The Labute approximate surface area is 102 Å². The van der Waals surface area contributed by atoms with Crippen LogP contribution in [-0.2, 0) is 0 Å². The molecule has 0 spiro atoms. The maximum Gasteiger partial charge on any atom is 0.134 e. The van der Waals surface area contributed by atoms with E-state index in [-0.39, 0.29) is 6.10 Å². The Hall–Kier alpha value is -1.36. The lowest BCUT2D eigenvalue weighted by atomic mass is 10.1. The lowest BCUT2D eigenvalue weighted by Crippen LogP contribution is -2.38. The van der Waals surface area contributed by atoms with Gasteiger partial charge >= 0.3 is 0 Å². The summed E-state index contributed by atoms with van der Waals surface area (Å²) in [5, 5.41) is 9.67. The van der Waals surface area contributed by atoms with Gasteiger partial charge in [0.15, 0.2) is 0 Å². The van der Waals surface area contributed by atoms with E-state index < -0.39 is 0 Å². The van der Waals surface area contributed by atoms with Gasteiger partial charge in [-0.2, -0.15) is 0 Å². The van der Waals surface area contributed by atoms with Gasteiger partial charge in [-0.3, -0.25) is 0 Å². The lowest BCUT2D eigenvalue weighted by molar-refractivity contribution is 0.154. The summed E-state index contributed by atoms with van der Waals surface area (Å²) in [7, 11) is 2.01. The summed E-state index contributed by atoms with van der Waals surface area (Å²) in [5.74, 6) is 1.84. The van der Waals surface area contributed by atoms with Crippen LogP contribution in [-0.4, -0.2) is 47.9 Å². The number of aliphatic hydroxyl groups is 1. The van der Waals surface area contributed by atoms with Crippen molar-refractivity contribution in [2.75, 3.05) is 36.5 Å². The number of nitrogens with zero attached hydrogens (tertiary/aromatic N) is 4. The minimum Gasteiger partial charge on any atom is -0.391 e. The molecule has 0 radical (unpaired) electrons. The van der Waals surface area contributed by atoms with Crippen LogP contribution >= 0.6 is 0 Å². The first kappa shape index (κ1) is 12.1. The molecular formula is C12H20N4O. The van der Waals surface area contributed by atoms with E-state index in [1.54, 1.807) is 6.33 Å². The average molecular weight is 236 g/mol. The van der Waals surface area contributed by atoms with Crippen LogP contribution in [0.2, 0.25) is 0 Å². The van der Waals surface area contributed by atoms with Crippen molar-refractivity contribution < 1.29 is 5.11 Å². The molecule has 1 saturated heterocycles. The van der Waals surface area contributed by atoms with Gasteiger partial charge in [-0.05, 0) is 19.8 Å². The molecule has 5 nitrogen and oxygen atoms in total. The van der Waals surface area contributed by atoms with Gasteiger partial charge in [-0.1, -0.05) is 0 Å². The molecule has 1 unspecified atom stereocenters. The molecule has 0 amide bonds. The fraction of sp³-hybridized carbons (Fsp3) is 0.667. The Morgan fingerprint density at radius 3 is 3.06 bits per heavy atom. The van der Waals surface area contributed by atoms with E-state index in [0.717, 1.165) is 37.6 Å². The van der Waals surface area contributed by atoms with Crippen molar-refractivity contribution >= 4 is 11.6 Å². The Bertz CT molecular complexity index is 371. The van der Waals surface area contributed by atoms with Crippen molar-refractivity contribution in [2.45, 2.75) is 25.9 Å². The molecule has 2 heterocycles. The second-order valence-corrected chi connectivity index (χ2v) is 4.49. The first-order valence-electron chi connectivity index (χ1n) is 6.17. The molecule has 5 heteroatoms. The molecule has 0 aromatic carbocycles. The summed E-state index contributed by atoms with van der Waals surface area (Å²) >= 11 is 0. The zero-order chi connectivity index (χ0) is 12.3.